The summed E-state index contributed by atoms with van der Waals surface area (Å²) in [5.74, 6) is -0.0687. The van der Waals surface area contributed by atoms with Gasteiger partial charge in [-0.3, -0.25) is 9.78 Å². The number of carbonyl (C=O) groups is 1. The van der Waals surface area contributed by atoms with Crippen molar-refractivity contribution in [2.45, 2.75) is 51.0 Å². The quantitative estimate of drug-likeness (QED) is 0.869. The predicted molar refractivity (Wildman–Crippen MR) is 73.7 cm³/mol. The molecule has 0 bridgehead atoms. The molecule has 1 heterocycles. The Labute approximate surface area is 114 Å². The third-order valence-electron chi connectivity index (χ3n) is 3.84. The summed E-state index contributed by atoms with van der Waals surface area (Å²) in [6, 6.07) is 3.81. The molecule has 1 aromatic heterocycles. The molecule has 1 aliphatic carbocycles. The lowest BCUT2D eigenvalue weighted by Crippen LogP contribution is -2.44. The molecule has 2 N–H and O–H groups in total. The van der Waals surface area contributed by atoms with Crippen molar-refractivity contribution in [3.05, 3.63) is 29.6 Å². The maximum absolute atomic E-state index is 11.9. The molecule has 19 heavy (non-hydrogen) atoms. The van der Waals surface area contributed by atoms with E-state index in [4.69, 9.17) is 0 Å². The van der Waals surface area contributed by atoms with E-state index in [9.17, 15) is 9.90 Å². The molecule has 0 atom stereocenters. The Hall–Kier alpha value is -1.42. The fourth-order valence-corrected chi connectivity index (χ4v) is 2.57. The number of amides is 1. The molecule has 104 valence electrons. The van der Waals surface area contributed by atoms with Crippen LogP contribution in [0, 0.1) is 6.92 Å². The lowest BCUT2D eigenvalue weighted by atomic mass is 9.85. The van der Waals surface area contributed by atoms with Gasteiger partial charge in [0.25, 0.3) is 0 Å². The van der Waals surface area contributed by atoms with Crippen LogP contribution >= 0.6 is 0 Å². The van der Waals surface area contributed by atoms with Crippen molar-refractivity contribution >= 4 is 5.91 Å². The smallest absolute Gasteiger partial charge is 0.226 e. The zero-order valence-corrected chi connectivity index (χ0v) is 11.5. The first-order chi connectivity index (χ1) is 9.09. The van der Waals surface area contributed by atoms with Gasteiger partial charge in [-0.05, 0) is 31.4 Å². The second-order valence-corrected chi connectivity index (χ2v) is 5.51. The fourth-order valence-electron chi connectivity index (χ4n) is 2.57. The highest BCUT2D eigenvalue weighted by Gasteiger charge is 2.29. The van der Waals surface area contributed by atoms with Gasteiger partial charge in [0.05, 0.1) is 17.7 Å². The Morgan fingerprint density at radius 2 is 2.16 bits per heavy atom. The number of hydrogen-bond donors (Lipinski definition) is 2. The average molecular weight is 262 g/mol. The average Bonchev–Trinajstić information content (AvgIpc) is 2.40. The first kappa shape index (κ1) is 14.0. The van der Waals surface area contributed by atoms with Crippen molar-refractivity contribution in [1.29, 1.82) is 0 Å². The fraction of sp³-hybridized carbons (Fsp3) is 0.600. The lowest BCUT2D eigenvalue weighted by molar-refractivity contribution is -0.122. The predicted octanol–water partition coefficient (Wildman–Crippen LogP) is 1.74. The molecular formula is C15H22N2O2. The molecule has 2 rings (SSSR count). The van der Waals surface area contributed by atoms with Crippen LogP contribution in [0.4, 0.5) is 0 Å². The molecule has 1 aliphatic rings. The van der Waals surface area contributed by atoms with Crippen LogP contribution in [-0.4, -0.2) is 28.1 Å². The molecule has 1 fully saturated rings. The lowest BCUT2D eigenvalue weighted by Gasteiger charge is -2.32. The van der Waals surface area contributed by atoms with Crippen LogP contribution in [0.2, 0.25) is 0 Å². The van der Waals surface area contributed by atoms with Gasteiger partial charge in [-0.15, -0.1) is 0 Å². The van der Waals surface area contributed by atoms with Gasteiger partial charge in [0.15, 0.2) is 0 Å². The molecule has 0 aromatic carbocycles. The van der Waals surface area contributed by atoms with Crippen LogP contribution in [0.5, 0.6) is 0 Å². The summed E-state index contributed by atoms with van der Waals surface area (Å²) < 4.78 is 0. The number of aryl methyl sites for hydroxylation is 1. The van der Waals surface area contributed by atoms with Crippen molar-refractivity contribution in [3.63, 3.8) is 0 Å². The van der Waals surface area contributed by atoms with Crippen LogP contribution in [0.25, 0.3) is 0 Å². The van der Waals surface area contributed by atoms with Crippen molar-refractivity contribution in [2.75, 3.05) is 6.54 Å². The SMILES string of the molecule is Cc1cccnc1CC(=O)NCC1(O)CCCCC1. The second-order valence-electron chi connectivity index (χ2n) is 5.51. The van der Waals surface area contributed by atoms with Crippen molar-refractivity contribution in [3.8, 4) is 0 Å². The summed E-state index contributed by atoms with van der Waals surface area (Å²) in [5.41, 5.74) is 1.12. The van der Waals surface area contributed by atoms with E-state index < -0.39 is 5.60 Å². The van der Waals surface area contributed by atoms with Gasteiger partial charge in [-0.25, -0.2) is 0 Å². The standard InChI is InChI=1S/C15H22N2O2/c1-12-6-5-9-16-13(12)10-14(18)17-11-15(19)7-3-2-4-8-15/h5-6,9,19H,2-4,7-8,10-11H2,1H3,(H,17,18). The maximum Gasteiger partial charge on any atom is 0.226 e. The third-order valence-corrected chi connectivity index (χ3v) is 3.84. The van der Waals surface area contributed by atoms with E-state index in [0.717, 1.165) is 36.9 Å². The van der Waals surface area contributed by atoms with E-state index in [1.54, 1.807) is 6.20 Å². The summed E-state index contributed by atoms with van der Waals surface area (Å²) in [4.78, 5) is 16.1. The maximum atomic E-state index is 11.9. The van der Waals surface area contributed by atoms with Gasteiger partial charge >= 0.3 is 0 Å². The van der Waals surface area contributed by atoms with Crippen LogP contribution in [0.1, 0.15) is 43.4 Å². The molecule has 1 amide bonds. The minimum atomic E-state index is -0.701. The van der Waals surface area contributed by atoms with Gasteiger partial charge < -0.3 is 10.4 Å². The largest absolute Gasteiger partial charge is 0.388 e. The highest BCUT2D eigenvalue weighted by Crippen LogP contribution is 2.27. The third kappa shape index (κ3) is 4.03. The number of nitrogens with one attached hydrogen (secondary N) is 1. The normalized spacial score (nSPS) is 18.0. The molecule has 0 unspecified atom stereocenters. The number of pyridine rings is 1. The van der Waals surface area contributed by atoms with Gasteiger partial charge in [-0.2, -0.15) is 0 Å². The molecule has 0 saturated heterocycles. The Kier molecular flexibility index (Phi) is 4.53. The molecule has 0 radical (unpaired) electrons. The molecule has 4 nitrogen and oxygen atoms in total. The molecule has 4 heteroatoms. The Bertz CT molecular complexity index is 440. The Morgan fingerprint density at radius 1 is 1.42 bits per heavy atom. The minimum absolute atomic E-state index is 0.0687. The summed E-state index contributed by atoms with van der Waals surface area (Å²) >= 11 is 0. The molecule has 1 aromatic rings. The van der Waals surface area contributed by atoms with Crippen LogP contribution < -0.4 is 5.32 Å². The number of carbonyl (C=O) groups excluding carboxylic acids is 1. The summed E-state index contributed by atoms with van der Waals surface area (Å²) in [5, 5.41) is 13.2. The van der Waals surface area contributed by atoms with Crippen LogP contribution in [0.3, 0.4) is 0 Å². The summed E-state index contributed by atoms with van der Waals surface area (Å²) in [6.45, 7) is 2.31. The molecule has 0 aliphatic heterocycles. The molecule has 0 spiro atoms. The Balaban J connectivity index is 1.83. The van der Waals surface area contributed by atoms with E-state index in [2.05, 4.69) is 10.3 Å². The molecular weight excluding hydrogens is 240 g/mol. The van der Waals surface area contributed by atoms with E-state index >= 15 is 0 Å². The van der Waals surface area contributed by atoms with Gasteiger partial charge in [0.2, 0.25) is 5.91 Å². The van der Waals surface area contributed by atoms with Crippen molar-refractivity contribution in [2.24, 2.45) is 0 Å². The van der Waals surface area contributed by atoms with Crippen molar-refractivity contribution in [1.82, 2.24) is 10.3 Å². The monoisotopic (exact) mass is 262 g/mol. The van der Waals surface area contributed by atoms with E-state index in [0.29, 0.717) is 6.54 Å². The van der Waals surface area contributed by atoms with Crippen LogP contribution in [0.15, 0.2) is 18.3 Å². The highest BCUT2D eigenvalue weighted by molar-refractivity contribution is 5.78. The Morgan fingerprint density at radius 3 is 2.84 bits per heavy atom. The van der Waals surface area contributed by atoms with Crippen LogP contribution in [-0.2, 0) is 11.2 Å². The summed E-state index contributed by atoms with van der Waals surface area (Å²) in [7, 11) is 0. The number of hydrogen-bond acceptors (Lipinski definition) is 3. The topological polar surface area (TPSA) is 62.2 Å². The highest BCUT2D eigenvalue weighted by atomic mass is 16.3. The van der Waals surface area contributed by atoms with Gasteiger partial charge in [0.1, 0.15) is 0 Å². The van der Waals surface area contributed by atoms with Gasteiger partial charge in [-0.1, -0.05) is 25.3 Å². The van der Waals surface area contributed by atoms with Crippen molar-refractivity contribution < 1.29 is 9.90 Å². The minimum Gasteiger partial charge on any atom is -0.388 e. The van der Waals surface area contributed by atoms with E-state index in [1.807, 2.05) is 19.1 Å². The first-order valence-corrected chi connectivity index (χ1v) is 6.99. The molecule has 1 saturated carbocycles. The van der Waals surface area contributed by atoms with E-state index in [1.165, 1.54) is 6.42 Å². The number of nitrogens with zero attached hydrogens (tertiary/aromatic N) is 1. The number of aromatic nitrogens is 1. The number of aliphatic hydroxyl groups is 1. The zero-order valence-electron chi connectivity index (χ0n) is 11.5. The first-order valence-electron chi connectivity index (χ1n) is 6.99. The second kappa shape index (κ2) is 6.15. The number of rotatable bonds is 4. The zero-order chi connectivity index (χ0) is 13.7. The summed E-state index contributed by atoms with van der Waals surface area (Å²) in [6.07, 6.45) is 6.83. The van der Waals surface area contributed by atoms with E-state index in [-0.39, 0.29) is 12.3 Å². The van der Waals surface area contributed by atoms with Gasteiger partial charge in [0, 0.05) is 12.7 Å².